The van der Waals surface area contributed by atoms with E-state index < -0.39 is 40.6 Å². The van der Waals surface area contributed by atoms with Gasteiger partial charge in [0.25, 0.3) is 5.91 Å². The zero-order valence-electron chi connectivity index (χ0n) is 12.8. The first kappa shape index (κ1) is 19.9. The average molecular weight is 378 g/mol. The fraction of sp³-hybridized carbons (Fsp3) is 0.308. The lowest BCUT2D eigenvalue weighted by Gasteiger charge is -2.13. The third-order valence-corrected chi connectivity index (χ3v) is 4.44. The van der Waals surface area contributed by atoms with Gasteiger partial charge in [-0.2, -0.15) is 4.72 Å². The Bertz CT molecular complexity index is 720. The van der Waals surface area contributed by atoms with Crippen molar-refractivity contribution in [2.24, 2.45) is 0 Å². The minimum atomic E-state index is -3.96. The minimum Gasteiger partial charge on any atom is -0.454 e. The zero-order chi connectivity index (χ0) is 18.3. The molecule has 132 valence electrons. The van der Waals surface area contributed by atoms with Crippen LogP contribution in [0.4, 0.5) is 4.79 Å². The Kier molecular flexibility index (Phi) is 7.14. The first-order chi connectivity index (χ1) is 11.2. The molecule has 0 radical (unpaired) electrons. The molecule has 0 aliphatic heterocycles. The highest BCUT2D eigenvalue weighted by Gasteiger charge is 2.23. The van der Waals surface area contributed by atoms with Gasteiger partial charge >= 0.3 is 12.0 Å². The smallest absolute Gasteiger partial charge is 0.324 e. The Labute approximate surface area is 143 Å². The summed E-state index contributed by atoms with van der Waals surface area (Å²) in [6.45, 7) is 0.533. The molecule has 0 aliphatic rings. The van der Waals surface area contributed by atoms with E-state index in [9.17, 15) is 22.8 Å². The molecule has 0 aliphatic carbocycles. The van der Waals surface area contributed by atoms with Crippen LogP contribution in [0.25, 0.3) is 0 Å². The normalized spacial score (nSPS) is 12.1. The highest BCUT2D eigenvalue weighted by atomic mass is 35.5. The quantitative estimate of drug-likeness (QED) is 0.598. The Balaban J connectivity index is 2.58. The molecule has 1 rings (SSSR count). The van der Waals surface area contributed by atoms with Crippen molar-refractivity contribution in [1.29, 1.82) is 0 Å². The van der Waals surface area contributed by atoms with Crippen LogP contribution in [0.15, 0.2) is 29.2 Å². The van der Waals surface area contributed by atoms with Crippen LogP contribution in [-0.4, -0.2) is 46.0 Å². The van der Waals surface area contributed by atoms with Gasteiger partial charge in [0.15, 0.2) is 6.61 Å². The zero-order valence-corrected chi connectivity index (χ0v) is 14.4. The molecule has 0 bridgehead atoms. The van der Waals surface area contributed by atoms with Gasteiger partial charge in [-0.15, -0.1) is 0 Å². The molecule has 0 heterocycles. The second-order valence-corrected chi connectivity index (χ2v) is 6.68. The molecule has 0 unspecified atom stereocenters. The molecule has 24 heavy (non-hydrogen) atoms. The number of esters is 1. The molecule has 1 aromatic rings. The van der Waals surface area contributed by atoms with E-state index in [-0.39, 0.29) is 4.90 Å². The van der Waals surface area contributed by atoms with Crippen molar-refractivity contribution in [2.75, 3.05) is 13.7 Å². The summed E-state index contributed by atoms with van der Waals surface area (Å²) in [5.74, 6) is -1.82. The predicted octanol–water partition coefficient (Wildman–Crippen LogP) is 0.00560. The summed E-state index contributed by atoms with van der Waals surface area (Å²) >= 11 is 5.68. The second-order valence-electron chi connectivity index (χ2n) is 4.53. The number of ether oxygens (including phenoxy) is 1. The van der Waals surface area contributed by atoms with E-state index in [0.29, 0.717) is 5.02 Å². The summed E-state index contributed by atoms with van der Waals surface area (Å²) < 4.78 is 30.9. The maximum absolute atomic E-state index is 12.1. The van der Waals surface area contributed by atoms with E-state index in [1.165, 1.54) is 38.2 Å². The van der Waals surface area contributed by atoms with E-state index in [0.717, 1.165) is 0 Å². The van der Waals surface area contributed by atoms with E-state index >= 15 is 0 Å². The molecular formula is C13H16ClN3O6S. The minimum absolute atomic E-state index is 0.0797. The van der Waals surface area contributed by atoms with E-state index in [1.54, 1.807) is 0 Å². The Morgan fingerprint density at radius 2 is 1.79 bits per heavy atom. The molecule has 0 aromatic heterocycles. The number of carbonyl (C=O) groups is 3. The van der Waals surface area contributed by atoms with Crippen molar-refractivity contribution in [3.8, 4) is 0 Å². The van der Waals surface area contributed by atoms with Crippen molar-refractivity contribution >= 4 is 39.5 Å². The van der Waals surface area contributed by atoms with Crippen molar-refractivity contribution in [3.63, 3.8) is 0 Å². The average Bonchev–Trinajstić information content (AvgIpc) is 2.52. The molecular weight excluding hydrogens is 362 g/mol. The van der Waals surface area contributed by atoms with Gasteiger partial charge in [-0.05, 0) is 31.2 Å². The second kappa shape index (κ2) is 8.62. The first-order valence-corrected chi connectivity index (χ1v) is 8.48. The first-order valence-electron chi connectivity index (χ1n) is 6.62. The molecule has 0 fully saturated rings. The van der Waals surface area contributed by atoms with E-state index in [4.69, 9.17) is 11.6 Å². The lowest BCUT2D eigenvalue weighted by atomic mass is 10.4. The number of imide groups is 1. The van der Waals surface area contributed by atoms with Gasteiger partial charge in [-0.3, -0.25) is 14.9 Å². The van der Waals surface area contributed by atoms with Gasteiger partial charge in [0.1, 0.15) is 6.04 Å². The molecule has 0 spiro atoms. The number of halogens is 1. The number of nitrogens with one attached hydrogen (secondary N) is 3. The molecule has 0 saturated heterocycles. The van der Waals surface area contributed by atoms with Gasteiger partial charge in [-0.1, -0.05) is 11.6 Å². The molecule has 0 saturated carbocycles. The fourth-order valence-electron chi connectivity index (χ4n) is 1.45. The number of hydrogen-bond acceptors (Lipinski definition) is 6. The Morgan fingerprint density at radius 3 is 2.33 bits per heavy atom. The van der Waals surface area contributed by atoms with Gasteiger partial charge in [0, 0.05) is 12.1 Å². The van der Waals surface area contributed by atoms with Crippen molar-refractivity contribution in [2.45, 2.75) is 17.9 Å². The molecule has 3 amide bonds. The fourth-order valence-corrected chi connectivity index (χ4v) is 2.77. The van der Waals surface area contributed by atoms with Crippen LogP contribution in [0.5, 0.6) is 0 Å². The molecule has 3 N–H and O–H groups in total. The van der Waals surface area contributed by atoms with Crippen LogP contribution in [0, 0.1) is 0 Å². The molecule has 1 atom stereocenters. The lowest BCUT2D eigenvalue weighted by molar-refractivity contribution is -0.149. The van der Waals surface area contributed by atoms with Crippen molar-refractivity contribution in [3.05, 3.63) is 29.3 Å². The van der Waals surface area contributed by atoms with E-state index in [2.05, 4.69) is 14.8 Å². The van der Waals surface area contributed by atoms with Gasteiger partial charge < -0.3 is 10.1 Å². The summed E-state index contributed by atoms with van der Waals surface area (Å²) in [6, 6.07) is 3.34. The highest BCUT2D eigenvalue weighted by molar-refractivity contribution is 7.89. The molecule has 1 aromatic carbocycles. The van der Waals surface area contributed by atoms with Crippen LogP contribution in [0.3, 0.4) is 0 Å². The number of urea groups is 1. The molecule has 9 nitrogen and oxygen atoms in total. The maximum atomic E-state index is 12.1. The predicted molar refractivity (Wildman–Crippen MR) is 84.8 cm³/mol. The van der Waals surface area contributed by atoms with E-state index in [1.807, 2.05) is 5.32 Å². The summed E-state index contributed by atoms with van der Waals surface area (Å²) in [4.78, 5) is 33.8. The topological polar surface area (TPSA) is 131 Å². The van der Waals surface area contributed by atoms with Crippen LogP contribution in [0.2, 0.25) is 5.02 Å². The third kappa shape index (κ3) is 6.14. The highest BCUT2D eigenvalue weighted by Crippen LogP contribution is 2.14. The summed E-state index contributed by atoms with van der Waals surface area (Å²) in [6.07, 6.45) is 0. The van der Waals surface area contributed by atoms with Crippen LogP contribution in [-0.2, 0) is 24.3 Å². The summed E-state index contributed by atoms with van der Waals surface area (Å²) in [5, 5.41) is 4.40. The number of benzene rings is 1. The number of carbonyl (C=O) groups excluding carboxylic acids is 3. The summed E-state index contributed by atoms with van der Waals surface area (Å²) in [7, 11) is -2.65. The van der Waals surface area contributed by atoms with Gasteiger partial charge in [0.2, 0.25) is 10.0 Å². The molecule has 11 heteroatoms. The SMILES string of the molecule is CNC(=O)NC(=O)COC(=O)[C@H](C)NS(=O)(=O)c1ccc(Cl)cc1. The number of sulfonamides is 1. The van der Waals surface area contributed by atoms with Gasteiger partial charge in [0.05, 0.1) is 4.90 Å². The Hall–Kier alpha value is -2.17. The van der Waals surface area contributed by atoms with Crippen molar-refractivity contribution in [1.82, 2.24) is 15.4 Å². The Morgan fingerprint density at radius 1 is 1.21 bits per heavy atom. The van der Waals surface area contributed by atoms with Crippen LogP contribution >= 0.6 is 11.6 Å². The number of rotatable bonds is 6. The lowest BCUT2D eigenvalue weighted by Crippen LogP contribution is -2.43. The van der Waals surface area contributed by atoms with Gasteiger partial charge in [-0.25, -0.2) is 13.2 Å². The standard InChI is InChI=1S/C13H16ClN3O6S/c1-8(12(19)23-7-11(18)16-13(20)15-2)17-24(21,22)10-5-3-9(14)4-6-10/h3-6,8,17H,7H2,1-2H3,(H2,15,16,18,20)/t8-/m0/s1. The number of hydrogen-bond donors (Lipinski definition) is 3. The largest absolute Gasteiger partial charge is 0.454 e. The monoisotopic (exact) mass is 377 g/mol. The van der Waals surface area contributed by atoms with Crippen LogP contribution < -0.4 is 15.4 Å². The van der Waals surface area contributed by atoms with Crippen molar-refractivity contribution < 1.29 is 27.5 Å². The summed E-state index contributed by atoms with van der Waals surface area (Å²) in [5.41, 5.74) is 0. The maximum Gasteiger partial charge on any atom is 0.324 e. The van der Waals surface area contributed by atoms with Crippen LogP contribution in [0.1, 0.15) is 6.92 Å². The third-order valence-electron chi connectivity index (χ3n) is 2.63. The number of amides is 3.